The molecule has 1 aromatic heterocycles. The number of nitrogens with zero attached hydrogens (tertiary/aromatic N) is 1. The Morgan fingerprint density at radius 1 is 1.19 bits per heavy atom. The molecule has 3 rings (SSSR count). The van der Waals surface area contributed by atoms with Crippen molar-refractivity contribution in [1.82, 2.24) is 9.97 Å². The van der Waals surface area contributed by atoms with E-state index in [1.54, 1.807) is 0 Å². The Bertz CT molecular complexity index is 489. The quantitative estimate of drug-likeness (QED) is 0.713. The molecule has 0 fully saturated rings. The summed E-state index contributed by atoms with van der Waals surface area (Å²) < 4.78 is 0. The minimum absolute atomic E-state index is 0. The Morgan fingerprint density at radius 3 is 2.75 bits per heavy atom. The van der Waals surface area contributed by atoms with E-state index in [2.05, 4.69) is 34.2 Å². The van der Waals surface area contributed by atoms with Gasteiger partial charge in [-0.1, -0.05) is 38.1 Å². The van der Waals surface area contributed by atoms with E-state index in [9.17, 15) is 0 Å². The molecule has 0 atom stereocenters. The lowest BCUT2D eigenvalue weighted by Gasteiger charge is -2.14. The molecule has 1 aliphatic carbocycles. The van der Waals surface area contributed by atoms with E-state index >= 15 is 0 Å². The normalized spacial score (nSPS) is 12.2. The molecule has 0 aliphatic heterocycles. The van der Waals surface area contributed by atoms with Crippen molar-refractivity contribution in [1.29, 1.82) is 0 Å². The minimum Gasteiger partial charge on any atom is -0.346 e. The van der Waals surface area contributed by atoms with Gasteiger partial charge in [0.25, 0.3) is 0 Å². The molecule has 0 unspecified atom stereocenters. The van der Waals surface area contributed by atoms with Crippen LogP contribution >= 0.6 is 0 Å². The van der Waals surface area contributed by atoms with E-state index in [-0.39, 0.29) is 1.43 Å². The molecule has 0 saturated heterocycles. The van der Waals surface area contributed by atoms with Gasteiger partial charge in [0.05, 0.1) is 5.69 Å². The SMILES string of the molecule is CC.Cc1nc2c([nH]1)CCc1ccccc1-2.[HH]. The Balaban J connectivity index is 0.000000459. The van der Waals surface area contributed by atoms with Gasteiger partial charge >= 0.3 is 0 Å². The third-order valence-corrected chi connectivity index (χ3v) is 2.81. The van der Waals surface area contributed by atoms with Crippen LogP contribution in [0.25, 0.3) is 11.3 Å². The van der Waals surface area contributed by atoms with Crippen LogP contribution in [-0.4, -0.2) is 9.97 Å². The van der Waals surface area contributed by atoms with Gasteiger partial charge in [-0.3, -0.25) is 0 Å². The molecular formula is C14H20N2. The molecule has 0 amide bonds. The second kappa shape index (κ2) is 4.52. The number of hydrogen-bond donors (Lipinski definition) is 1. The first-order valence-electron chi connectivity index (χ1n) is 5.98. The zero-order valence-corrected chi connectivity index (χ0v) is 10.2. The average Bonchev–Trinajstić information content (AvgIpc) is 2.72. The first-order chi connectivity index (χ1) is 7.84. The molecule has 2 nitrogen and oxygen atoms in total. The second-order valence-corrected chi connectivity index (χ2v) is 3.81. The molecule has 1 aliphatic rings. The molecule has 0 radical (unpaired) electrons. The molecule has 1 heterocycles. The predicted octanol–water partition coefficient (Wildman–Crippen LogP) is 3.76. The fraction of sp³-hybridized carbons (Fsp3) is 0.357. The van der Waals surface area contributed by atoms with Crippen LogP contribution < -0.4 is 0 Å². The maximum absolute atomic E-state index is 4.54. The summed E-state index contributed by atoms with van der Waals surface area (Å²) in [4.78, 5) is 7.86. The number of benzene rings is 1. The summed E-state index contributed by atoms with van der Waals surface area (Å²) in [6.07, 6.45) is 2.22. The summed E-state index contributed by atoms with van der Waals surface area (Å²) in [6, 6.07) is 8.54. The van der Waals surface area contributed by atoms with Crippen LogP contribution in [0.1, 0.15) is 32.4 Å². The lowest BCUT2D eigenvalue weighted by molar-refractivity contribution is 0.905. The van der Waals surface area contributed by atoms with E-state index in [0.29, 0.717) is 0 Å². The van der Waals surface area contributed by atoms with Gasteiger partial charge in [-0.2, -0.15) is 0 Å². The van der Waals surface area contributed by atoms with Crippen LogP contribution in [0.3, 0.4) is 0 Å². The van der Waals surface area contributed by atoms with Gasteiger partial charge in [0.15, 0.2) is 0 Å². The summed E-state index contributed by atoms with van der Waals surface area (Å²) in [5, 5.41) is 0. The van der Waals surface area contributed by atoms with Crippen LogP contribution in [-0.2, 0) is 12.8 Å². The Hall–Kier alpha value is -1.57. The third kappa shape index (κ3) is 1.75. The van der Waals surface area contributed by atoms with E-state index in [4.69, 9.17) is 0 Å². The molecule has 0 spiro atoms. The maximum atomic E-state index is 4.54. The smallest absolute Gasteiger partial charge is 0.103 e. The van der Waals surface area contributed by atoms with Crippen LogP contribution in [0.15, 0.2) is 24.3 Å². The van der Waals surface area contributed by atoms with Crippen LogP contribution in [0, 0.1) is 6.92 Å². The van der Waals surface area contributed by atoms with E-state index < -0.39 is 0 Å². The van der Waals surface area contributed by atoms with Gasteiger partial charge in [0, 0.05) is 12.7 Å². The van der Waals surface area contributed by atoms with Crippen molar-refractivity contribution in [2.75, 3.05) is 0 Å². The third-order valence-electron chi connectivity index (χ3n) is 2.81. The molecule has 2 aromatic rings. The topological polar surface area (TPSA) is 28.7 Å². The molecule has 1 aromatic carbocycles. The van der Waals surface area contributed by atoms with Crippen molar-refractivity contribution in [3.63, 3.8) is 0 Å². The number of hydrogen-bond acceptors (Lipinski definition) is 1. The zero-order valence-electron chi connectivity index (χ0n) is 10.2. The lowest BCUT2D eigenvalue weighted by Crippen LogP contribution is -2.02. The van der Waals surface area contributed by atoms with Crippen LogP contribution in [0.5, 0.6) is 0 Å². The molecule has 0 bridgehead atoms. The number of fused-ring (bicyclic) bond motifs is 3. The van der Waals surface area contributed by atoms with Crippen molar-refractivity contribution in [2.45, 2.75) is 33.6 Å². The number of nitrogens with one attached hydrogen (secondary N) is 1. The fourth-order valence-electron chi connectivity index (χ4n) is 2.17. The van der Waals surface area contributed by atoms with Gasteiger partial charge in [-0.15, -0.1) is 0 Å². The molecule has 2 heteroatoms. The number of aryl methyl sites for hydroxylation is 3. The Morgan fingerprint density at radius 2 is 1.94 bits per heavy atom. The monoisotopic (exact) mass is 216 g/mol. The van der Waals surface area contributed by atoms with Crippen molar-refractivity contribution >= 4 is 0 Å². The highest BCUT2D eigenvalue weighted by molar-refractivity contribution is 5.68. The highest BCUT2D eigenvalue weighted by Gasteiger charge is 2.18. The summed E-state index contributed by atoms with van der Waals surface area (Å²) >= 11 is 0. The van der Waals surface area contributed by atoms with Gasteiger partial charge in [-0.25, -0.2) is 4.98 Å². The first kappa shape index (κ1) is 10.9. The van der Waals surface area contributed by atoms with Crippen molar-refractivity contribution in [2.24, 2.45) is 0 Å². The number of aromatic amines is 1. The largest absolute Gasteiger partial charge is 0.346 e. The molecule has 0 saturated carbocycles. The highest BCUT2D eigenvalue weighted by atomic mass is 14.9. The van der Waals surface area contributed by atoms with Crippen molar-refractivity contribution in [3.05, 3.63) is 41.3 Å². The first-order valence-corrected chi connectivity index (χ1v) is 5.98. The molecule has 1 N–H and O–H groups in total. The number of rotatable bonds is 0. The minimum atomic E-state index is 0. The maximum Gasteiger partial charge on any atom is 0.103 e. The molecule has 16 heavy (non-hydrogen) atoms. The van der Waals surface area contributed by atoms with E-state index in [1.165, 1.54) is 16.8 Å². The fourth-order valence-corrected chi connectivity index (χ4v) is 2.17. The van der Waals surface area contributed by atoms with E-state index in [0.717, 1.165) is 24.4 Å². The lowest BCUT2D eigenvalue weighted by atomic mass is 9.93. The highest BCUT2D eigenvalue weighted by Crippen LogP contribution is 2.31. The van der Waals surface area contributed by atoms with Gasteiger partial charge in [0.2, 0.25) is 0 Å². The van der Waals surface area contributed by atoms with Crippen LogP contribution in [0.2, 0.25) is 0 Å². The zero-order chi connectivity index (χ0) is 11.5. The summed E-state index contributed by atoms with van der Waals surface area (Å²) in [6.45, 7) is 6.01. The van der Waals surface area contributed by atoms with E-state index in [1.807, 2.05) is 20.8 Å². The van der Waals surface area contributed by atoms with Gasteiger partial charge in [0.1, 0.15) is 5.82 Å². The summed E-state index contributed by atoms with van der Waals surface area (Å²) in [7, 11) is 0. The van der Waals surface area contributed by atoms with Crippen molar-refractivity contribution in [3.8, 4) is 11.3 Å². The second-order valence-electron chi connectivity index (χ2n) is 3.81. The summed E-state index contributed by atoms with van der Waals surface area (Å²) in [5.74, 6) is 1.02. The Kier molecular flexibility index (Phi) is 3.09. The Labute approximate surface area is 98.2 Å². The molecule has 86 valence electrons. The standard InChI is InChI=1S/C12H12N2.C2H6.H2/c1-8-13-11-7-6-9-4-2-3-5-10(9)12(11)14-8;1-2;/h2-5H,6-7H2,1H3,(H,13,14);1-2H3;1H. The van der Waals surface area contributed by atoms with Crippen LogP contribution in [0.4, 0.5) is 0 Å². The average molecular weight is 216 g/mol. The van der Waals surface area contributed by atoms with Crippen molar-refractivity contribution < 1.29 is 1.43 Å². The number of H-pyrrole nitrogens is 1. The number of aromatic nitrogens is 2. The van der Waals surface area contributed by atoms with Gasteiger partial charge < -0.3 is 4.98 Å². The molecular weight excluding hydrogens is 196 g/mol. The van der Waals surface area contributed by atoms with Gasteiger partial charge in [-0.05, 0) is 25.3 Å². The predicted molar refractivity (Wildman–Crippen MR) is 69.6 cm³/mol. The summed E-state index contributed by atoms with van der Waals surface area (Å²) in [5.41, 5.74) is 5.18. The number of imidazole rings is 1.